The molecule has 2 N–H and O–H groups in total. The number of para-hydroxylation sites is 1. The molecule has 4 rings (SSSR count). The van der Waals surface area contributed by atoms with Crippen LogP contribution in [0.2, 0.25) is 0 Å². The third-order valence-electron chi connectivity index (χ3n) is 5.99. The fourth-order valence-corrected chi connectivity index (χ4v) is 4.35. The van der Waals surface area contributed by atoms with Gasteiger partial charge in [0.25, 0.3) is 0 Å². The van der Waals surface area contributed by atoms with E-state index in [4.69, 9.17) is 14.1 Å². The van der Waals surface area contributed by atoms with Crippen molar-refractivity contribution in [1.82, 2.24) is 15.5 Å². The molecule has 2 saturated heterocycles. The first kappa shape index (κ1) is 24.9. The zero-order chi connectivity index (χ0) is 21.5. The van der Waals surface area contributed by atoms with Gasteiger partial charge < -0.3 is 24.7 Å². The van der Waals surface area contributed by atoms with E-state index in [-0.39, 0.29) is 30.0 Å². The number of aryl methyl sites for hydroxylation is 1. The number of hydrogen-bond acceptors (Lipinski definition) is 5. The van der Waals surface area contributed by atoms with Crippen LogP contribution in [0.3, 0.4) is 0 Å². The molecular weight excluding hydrogens is 517 g/mol. The van der Waals surface area contributed by atoms with Crippen LogP contribution in [0.4, 0.5) is 5.69 Å². The number of nitrogens with zero attached hydrogens (tertiary/aromatic N) is 3. The largest absolute Gasteiger partial charge is 0.465 e. The van der Waals surface area contributed by atoms with Crippen LogP contribution in [0.15, 0.2) is 51.9 Å². The van der Waals surface area contributed by atoms with Crippen LogP contribution in [0.1, 0.15) is 30.9 Å². The molecule has 2 aromatic rings. The van der Waals surface area contributed by atoms with E-state index < -0.39 is 0 Å². The lowest BCUT2D eigenvalue weighted by Crippen LogP contribution is -2.45. The Morgan fingerprint density at radius 3 is 2.59 bits per heavy atom. The highest BCUT2D eigenvalue weighted by molar-refractivity contribution is 14.0. The molecule has 2 unspecified atom stereocenters. The third-order valence-corrected chi connectivity index (χ3v) is 5.99. The third kappa shape index (κ3) is 6.62. The lowest BCUT2D eigenvalue weighted by Gasteiger charge is -2.32. The Morgan fingerprint density at radius 1 is 1.12 bits per heavy atom. The molecule has 1 aromatic heterocycles. The molecule has 7 nitrogen and oxygen atoms in total. The van der Waals surface area contributed by atoms with Gasteiger partial charge in [0.2, 0.25) is 0 Å². The topological polar surface area (TPSA) is 65.3 Å². The summed E-state index contributed by atoms with van der Waals surface area (Å²) >= 11 is 0. The minimum absolute atomic E-state index is 0. The number of anilines is 1. The van der Waals surface area contributed by atoms with E-state index in [1.165, 1.54) is 5.69 Å². The summed E-state index contributed by atoms with van der Waals surface area (Å²) in [5, 5.41) is 7.08. The Bertz CT molecular complexity index is 838. The standard InChI is InChI=1S/C24H35N5O2.HI/c1-3-25-24(27-20-11-12-29(18-20)21-7-5-4-6-8-21)26-17-22(23-10-9-19(2)31-23)28-13-15-30-16-14-28;/h4-10,20,22H,3,11-18H2,1-2H3,(H2,25,26,27);1H. The van der Waals surface area contributed by atoms with Gasteiger partial charge in [-0.25, -0.2) is 0 Å². The highest BCUT2D eigenvalue weighted by atomic mass is 127. The summed E-state index contributed by atoms with van der Waals surface area (Å²) in [7, 11) is 0. The maximum Gasteiger partial charge on any atom is 0.191 e. The van der Waals surface area contributed by atoms with E-state index in [0.29, 0.717) is 12.6 Å². The molecule has 176 valence electrons. The normalized spacial score (nSPS) is 20.6. The number of hydrogen-bond donors (Lipinski definition) is 2. The first-order valence-electron chi connectivity index (χ1n) is 11.5. The van der Waals surface area contributed by atoms with Crippen molar-refractivity contribution in [2.45, 2.75) is 32.4 Å². The van der Waals surface area contributed by atoms with E-state index in [1.807, 2.05) is 13.0 Å². The summed E-state index contributed by atoms with van der Waals surface area (Å²) in [6.07, 6.45) is 1.10. The van der Waals surface area contributed by atoms with Crippen molar-refractivity contribution in [2.75, 3.05) is 57.4 Å². The van der Waals surface area contributed by atoms with E-state index in [9.17, 15) is 0 Å². The minimum atomic E-state index is 0. The Morgan fingerprint density at radius 2 is 1.91 bits per heavy atom. The summed E-state index contributed by atoms with van der Waals surface area (Å²) in [6, 6.07) is 15.2. The van der Waals surface area contributed by atoms with Gasteiger partial charge in [0.15, 0.2) is 5.96 Å². The molecule has 8 heteroatoms. The molecule has 2 fully saturated rings. The molecule has 32 heavy (non-hydrogen) atoms. The van der Waals surface area contributed by atoms with Crippen LogP contribution < -0.4 is 15.5 Å². The molecule has 0 spiro atoms. The average molecular weight is 553 g/mol. The average Bonchev–Trinajstić information content (AvgIpc) is 3.45. The Kier molecular flexibility index (Phi) is 9.68. The molecule has 0 amide bonds. The van der Waals surface area contributed by atoms with Crippen LogP contribution >= 0.6 is 24.0 Å². The monoisotopic (exact) mass is 553 g/mol. The SMILES string of the molecule is CCNC(=NCC(c1ccc(C)o1)N1CCOCC1)NC1CCN(c2ccccc2)C1.I. The van der Waals surface area contributed by atoms with E-state index in [2.05, 4.69) is 63.8 Å². The lowest BCUT2D eigenvalue weighted by molar-refractivity contribution is 0.0135. The van der Waals surface area contributed by atoms with Crippen LogP contribution in [0.25, 0.3) is 0 Å². The number of ether oxygens (including phenoxy) is 1. The second-order valence-corrected chi connectivity index (χ2v) is 8.24. The fraction of sp³-hybridized carbons (Fsp3) is 0.542. The minimum Gasteiger partial charge on any atom is -0.465 e. The first-order chi connectivity index (χ1) is 15.2. The molecule has 2 atom stereocenters. The van der Waals surface area contributed by atoms with Crippen molar-refractivity contribution < 1.29 is 9.15 Å². The summed E-state index contributed by atoms with van der Waals surface area (Å²) in [5.41, 5.74) is 1.29. The van der Waals surface area contributed by atoms with E-state index in [0.717, 1.165) is 69.8 Å². The predicted octanol–water partition coefficient (Wildman–Crippen LogP) is 3.41. The maximum atomic E-state index is 5.99. The van der Waals surface area contributed by atoms with Gasteiger partial charge >= 0.3 is 0 Å². The maximum absolute atomic E-state index is 5.99. The number of halogens is 1. The molecule has 0 saturated carbocycles. The van der Waals surface area contributed by atoms with Gasteiger partial charge in [-0.1, -0.05) is 18.2 Å². The Balaban J connectivity index is 0.00000289. The van der Waals surface area contributed by atoms with Crippen LogP contribution in [-0.2, 0) is 4.74 Å². The number of furan rings is 1. The smallest absolute Gasteiger partial charge is 0.191 e. The van der Waals surface area contributed by atoms with Crippen molar-refractivity contribution >= 4 is 35.6 Å². The highest BCUT2D eigenvalue weighted by Gasteiger charge is 2.26. The van der Waals surface area contributed by atoms with Gasteiger partial charge in [0.05, 0.1) is 25.8 Å². The van der Waals surface area contributed by atoms with Gasteiger partial charge in [-0.15, -0.1) is 24.0 Å². The molecular formula is C24H36IN5O2. The van der Waals surface area contributed by atoms with Crippen molar-refractivity contribution in [2.24, 2.45) is 4.99 Å². The molecule has 2 aliphatic rings. The molecule has 3 heterocycles. The Labute approximate surface area is 208 Å². The van der Waals surface area contributed by atoms with Gasteiger partial charge in [-0.2, -0.15) is 0 Å². The second-order valence-electron chi connectivity index (χ2n) is 8.24. The highest BCUT2D eigenvalue weighted by Crippen LogP contribution is 2.24. The van der Waals surface area contributed by atoms with Crippen molar-refractivity contribution in [1.29, 1.82) is 0 Å². The fourth-order valence-electron chi connectivity index (χ4n) is 4.35. The second kappa shape index (κ2) is 12.5. The van der Waals surface area contributed by atoms with Gasteiger partial charge in [0.1, 0.15) is 11.5 Å². The molecule has 2 aliphatic heterocycles. The van der Waals surface area contributed by atoms with Crippen LogP contribution in [0, 0.1) is 6.92 Å². The van der Waals surface area contributed by atoms with E-state index >= 15 is 0 Å². The molecule has 0 aliphatic carbocycles. The number of benzene rings is 1. The zero-order valence-electron chi connectivity index (χ0n) is 19.1. The van der Waals surface area contributed by atoms with Crippen LogP contribution in [-0.4, -0.2) is 69.4 Å². The Hall–Kier alpha value is -1.78. The number of guanidine groups is 1. The van der Waals surface area contributed by atoms with Gasteiger partial charge in [-0.05, 0) is 44.5 Å². The summed E-state index contributed by atoms with van der Waals surface area (Å²) in [6.45, 7) is 11.0. The molecule has 1 aromatic carbocycles. The van der Waals surface area contributed by atoms with Crippen molar-refractivity contribution in [3.63, 3.8) is 0 Å². The zero-order valence-corrected chi connectivity index (χ0v) is 21.5. The van der Waals surface area contributed by atoms with Gasteiger partial charge in [0, 0.05) is 44.5 Å². The first-order valence-corrected chi connectivity index (χ1v) is 11.5. The summed E-state index contributed by atoms with van der Waals surface area (Å²) < 4.78 is 11.5. The number of morpholine rings is 1. The van der Waals surface area contributed by atoms with Crippen molar-refractivity contribution in [3.8, 4) is 0 Å². The van der Waals surface area contributed by atoms with Crippen LogP contribution in [0.5, 0.6) is 0 Å². The lowest BCUT2D eigenvalue weighted by atomic mass is 10.1. The summed E-state index contributed by atoms with van der Waals surface area (Å²) in [5.74, 6) is 2.80. The van der Waals surface area contributed by atoms with Gasteiger partial charge in [-0.3, -0.25) is 9.89 Å². The van der Waals surface area contributed by atoms with E-state index in [1.54, 1.807) is 0 Å². The molecule has 0 radical (unpaired) electrons. The number of rotatable bonds is 7. The number of nitrogens with one attached hydrogen (secondary N) is 2. The quantitative estimate of drug-likeness (QED) is 0.312. The molecule has 0 bridgehead atoms. The predicted molar refractivity (Wildman–Crippen MR) is 140 cm³/mol. The van der Waals surface area contributed by atoms with Crippen molar-refractivity contribution in [3.05, 3.63) is 54.0 Å². The summed E-state index contributed by atoms with van der Waals surface area (Å²) in [4.78, 5) is 9.82. The number of aliphatic imine (C=N–C) groups is 1.